The van der Waals surface area contributed by atoms with Gasteiger partial charge in [0.15, 0.2) is 5.13 Å². The number of ether oxygens (including phenoxy) is 3. The molecule has 0 unspecified atom stereocenters. The van der Waals surface area contributed by atoms with Gasteiger partial charge in [0, 0.05) is 12.0 Å². The molecule has 1 saturated heterocycles. The molecule has 0 aliphatic carbocycles. The summed E-state index contributed by atoms with van der Waals surface area (Å²) in [5.41, 5.74) is 2.02. The smallest absolute Gasteiger partial charge is 0.350 e. The molecule has 2 aromatic carbocycles. The molecule has 41 heavy (non-hydrogen) atoms. The molecule has 3 aromatic rings. The number of esters is 1. The number of anilines is 1. The van der Waals surface area contributed by atoms with Crippen LogP contribution in [-0.4, -0.2) is 47.1 Å². The molecule has 1 fully saturated rings. The Balaban J connectivity index is 1.65. The van der Waals surface area contributed by atoms with Gasteiger partial charge in [0.2, 0.25) is 0 Å². The molecule has 10 heteroatoms. The first-order valence-electron chi connectivity index (χ1n) is 12.9. The molecule has 3 heterocycles. The quantitative estimate of drug-likeness (QED) is 0.121. The van der Waals surface area contributed by atoms with Gasteiger partial charge in [-0.25, -0.2) is 9.78 Å². The summed E-state index contributed by atoms with van der Waals surface area (Å²) in [6.45, 7) is 11.0. The summed E-state index contributed by atoms with van der Waals surface area (Å²) in [4.78, 5) is 45.7. The van der Waals surface area contributed by atoms with Crippen molar-refractivity contribution in [3.05, 3.63) is 101 Å². The Morgan fingerprint density at radius 2 is 1.98 bits per heavy atom. The number of amides is 1. The molecule has 0 bridgehead atoms. The average Bonchev–Trinajstić information content (AvgIpc) is 3.61. The molecule has 2 atom stereocenters. The molecule has 210 valence electrons. The second-order valence-electron chi connectivity index (χ2n) is 9.59. The van der Waals surface area contributed by atoms with Crippen LogP contribution < -0.4 is 14.4 Å². The first-order valence-corrected chi connectivity index (χ1v) is 13.7. The zero-order valence-electron chi connectivity index (χ0n) is 22.6. The van der Waals surface area contributed by atoms with E-state index in [1.54, 1.807) is 55.5 Å². The zero-order valence-corrected chi connectivity index (χ0v) is 23.4. The number of carbonyl (C=O) groups excluding carboxylic acids is 3. The third kappa shape index (κ3) is 5.26. The maximum Gasteiger partial charge on any atom is 0.350 e. The molecule has 1 aromatic heterocycles. The maximum absolute atomic E-state index is 13.6. The number of Topliss-reactive ketones (excluding diaryl/α,β-unsaturated/α-hetero) is 1. The number of hydrogen-bond donors (Lipinski definition) is 1. The molecule has 9 nitrogen and oxygen atoms in total. The number of aryl methyl sites for hydroxylation is 1. The van der Waals surface area contributed by atoms with Crippen LogP contribution >= 0.6 is 11.3 Å². The molecule has 2 aliphatic rings. The summed E-state index contributed by atoms with van der Waals surface area (Å²) in [7, 11) is 0. The molecule has 5 rings (SSSR count). The van der Waals surface area contributed by atoms with Gasteiger partial charge in [-0.1, -0.05) is 48.8 Å². The lowest BCUT2D eigenvalue weighted by atomic mass is 9.94. The van der Waals surface area contributed by atoms with E-state index in [1.165, 1.54) is 11.0 Å². The normalized spacial score (nSPS) is 19.0. The van der Waals surface area contributed by atoms with Crippen LogP contribution in [0.4, 0.5) is 5.13 Å². The van der Waals surface area contributed by atoms with Crippen molar-refractivity contribution < 1.29 is 33.7 Å². The van der Waals surface area contributed by atoms with Crippen molar-refractivity contribution in [2.24, 2.45) is 0 Å². The number of ketones is 1. The van der Waals surface area contributed by atoms with Crippen molar-refractivity contribution in [1.82, 2.24) is 4.98 Å². The minimum absolute atomic E-state index is 0.00760. The van der Waals surface area contributed by atoms with Crippen molar-refractivity contribution >= 4 is 39.9 Å². The van der Waals surface area contributed by atoms with Crippen LogP contribution in [0.15, 0.2) is 73.3 Å². The Hall–Kier alpha value is -4.70. The van der Waals surface area contributed by atoms with Crippen molar-refractivity contribution in [1.29, 1.82) is 0 Å². The number of fused-ring (bicyclic) bond motifs is 1. The second kappa shape index (κ2) is 11.4. The van der Waals surface area contributed by atoms with E-state index in [-0.39, 0.29) is 40.7 Å². The van der Waals surface area contributed by atoms with E-state index < -0.39 is 23.7 Å². The predicted molar refractivity (Wildman–Crippen MR) is 154 cm³/mol. The average molecular weight is 573 g/mol. The van der Waals surface area contributed by atoms with Gasteiger partial charge in [-0.2, -0.15) is 0 Å². The van der Waals surface area contributed by atoms with Gasteiger partial charge in [0.25, 0.3) is 5.78 Å². The zero-order chi connectivity index (χ0) is 29.3. The number of aliphatic hydroxyl groups excluding tert-OH is 1. The van der Waals surface area contributed by atoms with E-state index in [2.05, 4.69) is 18.1 Å². The number of aliphatic hydroxyl groups is 1. The second-order valence-corrected chi connectivity index (χ2v) is 10.6. The summed E-state index contributed by atoms with van der Waals surface area (Å²) in [6.07, 6.45) is 3.69. The Morgan fingerprint density at radius 3 is 2.73 bits per heavy atom. The molecular weight excluding hydrogens is 544 g/mol. The van der Waals surface area contributed by atoms with Gasteiger partial charge < -0.3 is 19.3 Å². The fourth-order valence-corrected chi connectivity index (χ4v) is 5.86. The van der Waals surface area contributed by atoms with Gasteiger partial charge in [0.05, 0.1) is 17.3 Å². The highest BCUT2D eigenvalue weighted by atomic mass is 32.1. The van der Waals surface area contributed by atoms with Crippen LogP contribution in [0, 0.1) is 6.92 Å². The maximum atomic E-state index is 13.6. The van der Waals surface area contributed by atoms with Crippen molar-refractivity contribution in [3.8, 4) is 11.5 Å². The summed E-state index contributed by atoms with van der Waals surface area (Å²) in [5.74, 6) is -1.50. The van der Waals surface area contributed by atoms with Gasteiger partial charge in [-0.3, -0.25) is 14.5 Å². The summed E-state index contributed by atoms with van der Waals surface area (Å²) in [5, 5.41) is 11.7. The van der Waals surface area contributed by atoms with E-state index >= 15 is 0 Å². The van der Waals surface area contributed by atoms with Crippen LogP contribution in [-0.2, 0) is 20.7 Å². The van der Waals surface area contributed by atoms with Crippen molar-refractivity contribution in [3.63, 3.8) is 0 Å². The lowest BCUT2D eigenvalue weighted by Gasteiger charge is -2.23. The largest absolute Gasteiger partial charge is 0.507 e. The van der Waals surface area contributed by atoms with E-state index in [0.717, 1.165) is 16.9 Å². The Bertz CT molecular complexity index is 1610. The molecule has 2 aliphatic heterocycles. The molecule has 0 saturated carbocycles. The monoisotopic (exact) mass is 572 g/mol. The Morgan fingerprint density at radius 1 is 1.20 bits per heavy atom. The number of hydrogen-bond acceptors (Lipinski definition) is 9. The lowest BCUT2D eigenvalue weighted by Crippen LogP contribution is -2.29. The van der Waals surface area contributed by atoms with Crippen LogP contribution in [0.25, 0.3) is 5.76 Å². The minimum atomic E-state index is -1.05. The van der Waals surface area contributed by atoms with Gasteiger partial charge >= 0.3 is 11.9 Å². The third-order valence-electron chi connectivity index (χ3n) is 6.66. The van der Waals surface area contributed by atoms with Crippen LogP contribution in [0.2, 0.25) is 0 Å². The van der Waals surface area contributed by atoms with E-state index in [0.29, 0.717) is 34.7 Å². The highest BCUT2D eigenvalue weighted by Gasteiger charge is 2.48. The van der Waals surface area contributed by atoms with Gasteiger partial charge in [-0.15, -0.1) is 0 Å². The molecule has 1 N–H and O–H groups in total. The highest BCUT2D eigenvalue weighted by Crippen LogP contribution is 2.45. The number of thiazole rings is 1. The van der Waals surface area contributed by atoms with Crippen molar-refractivity contribution in [2.45, 2.75) is 32.4 Å². The van der Waals surface area contributed by atoms with Gasteiger partial charge in [0.1, 0.15) is 41.5 Å². The third-order valence-corrected chi connectivity index (χ3v) is 7.80. The molecular formula is C31H28N2O7S. The number of aromatic nitrogens is 1. The van der Waals surface area contributed by atoms with Crippen molar-refractivity contribution in [2.75, 3.05) is 18.1 Å². The topological polar surface area (TPSA) is 115 Å². The first kappa shape index (κ1) is 27.9. The predicted octanol–water partition coefficient (Wildman–Crippen LogP) is 5.31. The van der Waals surface area contributed by atoms with Crippen LogP contribution in [0.5, 0.6) is 11.5 Å². The number of nitrogens with zero attached hydrogens (tertiary/aromatic N) is 2. The van der Waals surface area contributed by atoms with Gasteiger partial charge in [-0.05, 0) is 55.3 Å². The Kier molecular flexibility index (Phi) is 7.76. The molecule has 1 amide bonds. The summed E-state index contributed by atoms with van der Waals surface area (Å²) in [6, 6.07) is 11.0. The Labute approximate surface area is 241 Å². The number of carbonyl (C=O) groups is 3. The van der Waals surface area contributed by atoms with E-state index in [1.807, 2.05) is 6.92 Å². The SMILES string of the molecule is C=CCOC(=O)c1sc(N2C(=O)C(=O)C(=C(O)c3ccc4c(c3)C[C@H](C)O4)[C@H]2c2cccc(OCC=C)c2)nc1C. The van der Waals surface area contributed by atoms with E-state index in [9.17, 15) is 19.5 Å². The fraction of sp³-hybridized carbons (Fsp3) is 0.226. The highest BCUT2D eigenvalue weighted by molar-refractivity contribution is 7.17. The number of benzene rings is 2. The minimum Gasteiger partial charge on any atom is -0.507 e. The standard InChI is InChI=1S/C31H28N2O7S/c1-5-12-38-22-9-7-8-19(16-22)25-24(26(34)20-10-11-23-21(15-20)14-17(3)40-23)27(35)29(36)33(25)31-32-18(4)28(41-31)30(37)39-13-6-2/h5-11,15-17,25,34H,1-2,12-14H2,3-4H3/t17-,25+/m0/s1. The lowest BCUT2D eigenvalue weighted by molar-refractivity contribution is -0.132. The fourth-order valence-electron chi connectivity index (χ4n) is 4.87. The summed E-state index contributed by atoms with van der Waals surface area (Å²) < 4.78 is 16.6. The molecule has 0 radical (unpaired) electrons. The van der Waals surface area contributed by atoms with Crippen LogP contribution in [0.3, 0.4) is 0 Å². The molecule has 0 spiro atoms. The first-order chi connectivity index (χ1) is 19.7. The van der Waals surface area contributed by atoms with E-state index in [4.69, 9.17) is 14.2 Å². The van der Waals surface area contributed by atoms with Crippen LogP contribution in [0.1, 0.15) is 45.0 Å². The summed E-state index contributed by atoms with van der Waals surface area (Å²) >= 11 is 0.931. The number of rotatable bonds is 9.